The van der Waals surface area contributed by atoms with Crippen LogP contribution in [0.2, 0.25) is 5.02 Å². The summed E-state index contributed by atoms with van der Waals surface area (Å²) in [4.78, 5) is 6.45. The second-order valence-electron chi connectivity index (χ2n) is 4.35. The lowest BCUT2D eigenvalue weighted by Gasteiger charge is -2.17. The normalized spacial score (nSPS) is 10.3. The molecule has 0 radical (unpaired) electrons. The summed E-state index contributed by atoms with van der Waals surface area (Å²) in [6.45, 7) is 0.990. The van der Waals surface area contributed by atoms with Crippen molar-refractivity contribution in [3.8, 4) is 0 Å². The molecule has 0 fully saturated rings. The third-order valence-corrected chi connectivity index (χ3v) is 3.13. The summed E-state index contributed by atoms with van der Waals surface area (Å²) in [6.07, 6.45) is 3.90. The molecule has 18 heavy (non-hydrogen) atoms. The van der Waals surface area contributed by atoms with Crippen molar-refractivity contribution in [2.24, 2.45) is 0 Å². The number of hydrogen-bond acceptors (Lipinski definition) is 2. The van der Waals surface area contributed by atoms with Gasteiger partial charge >= 0.3 is 0 Å². The van der Waals surface area contributed by atoms with Gasteiger partial charge in [-0.05, 0) is 30.5 Å². The van der Waals surface area contributed by atoms with Crippen LogP contribution >= 0.6 is 11.6 Å². The zero-order valence-electron chi connectivity index (χ0n) is 10.5. The van der Waals surface area contributed by atoms with Crippen LogP contribution < -0.4 is 4.90 Å². The predicted molar refractivity (Wildman–Crippen MR) is 77.3 cm³/mol. The first kappa shape index (κ1) is 12.9. The van der Waals surface area contributed by atoms with E-state index >= 15 is 0 Å². The highest BCUT2D eigenvalue weighted by Gasteiger charge is 2.02. The molecule has 2 aromatic rings. The molecule has 0 N–H and O–H groups in total. The number of nitrogens with zero attached hydrogens (tertiary/aromatic N) is 2. The van der Waals surface area contributed by atoms with E-state index in [4.69, 9.17) is 11.6 Å². The van der Waals surface area contributed by atoms with Gasteiger partial charge in [0.25, 0.3) is 0 Å². The van der Waals surface area contributed by atoms with Gasteiger partial charge in [0.1, 0.15) is 5.82 Å². The molecule has 0 aliphatic heterocycles. The maximum absolute atomic E-state index is 5.82. The van der Waals surface area contributed by atoms with Crippen LogP contribution in [0, 0.1) is 0 Å². The van der Waals surface area contributed by atoms with Crippen molar-refractivity contribution in [1.82, 2.24) is 4.98 Å². The first-order valence-corrected chi connectivity index (χ1v) is 6.50. The highest BCUT2D eigenvalue weighted by atomic mass is 35.5. The average Bonchev–Trinajstić information content (AvgIpc) is 2.40. The average molecular weight is 261 g/mol. The third kappa shape index (κ3) is 3.74. The van der Waals surface area contributed by atoms with Crippen molar-refractivity contribution in [2.45, 2.75) is 12.8 Å². The Bertz CT molecular complexity index is 468. The van der Waals surface area contributed by atoms with Gasteiger partial charge in [-0.25, -0.2) is 4.98 Å². The molecule has 1 aromatic carbocycles. The molecule has 0 saturated heterocycles. The summed E-state index contributed by atoms with van der Waals surface area (Å²) >= 11 is 5.82. The molecule has 94 valence electrons. The van der Waals surface area contributed by atoms with Gasteiger partial charge in [-0.15, -0.1) is 0 Å². The number of anilines is 1. The Morgan fingerprint density at radius 3 is 2.56 bits per heavy atom. The van der Waals surface area contributed by atoms with Crippen molar-refractivity contribution in [3.05, 3.63) is 59.2 Å². The monoisotopic (exact) mass is 260 g/mol. The molecule has 3 heteroatoms. The minimum absolute atomic E-state index is 0.677. The van der Waals surface area contributed by atoms with Crippen LogP contribution in [0.3, 0.4) is 0 Å². The number of aryl methyl sites for hydroxylation is 1. The molecule has 0 bridgehead atoms. The molecule has 2 nitrogen and oxygen atoms in total. The van der Waals surface area contributed by atoms with Crippen molar-refractivity contribution < 1.29 is 0 Å². The molecule has 0 saturated carbocycles. The Morgan fingerprint density at radius 1 is 1.11 bits per heavy atom. The van der Waals surface area contributed by atoms with Crippen LogP contribution in [0.15, 0.2) is 48.7 Å². The first-order valence-electron chi connectivity index (χ1n) is 6.12. The maximum Gasteiger partial charge on any atom is 0.128 e. The molecule has 0 amide bonds. The Balaban J connectivity index is 1.81. The van der Waals surface area contributed by atoms with Crippen LogP contribution in [0.25, 0.3) is 0 Å². The van der Waals surface area contributed by atoms with Crippen molar-refractivity contribution in [2.75, 3.05) is 18.5 Å². The van der Waals surface area contributed by atoms with Crippen LogP contribution in [0.4, 0.5) is 5.82 Å². The third-order valence-electron chi connectivity index (χ3n) is 2.90. The molecule has 0 atom stereocenters. The SMILES string of the molecule is CN(CCCc1ccccc1)c1ccc(Cl)cn1. The second kappa shape index (κ2) is 6.41. The molecule has 0 unspecified atom stereocenters. The highest BCUT2D eigenvalue weighted by Crippen LogP contribution is 2.13. The second-order valence-corrected chi connectivity index (χ2v) is 4.78. The van der Waals surface area contributed by atoms with E-state index in [1.165, 1.54) is 5.56 Å². The van der Waals surface area contributed by atoms with Gasteiger partial charge in [0, 0.05) is 19.8 Å². The number of aromatic nitrogens is 1. The molecular weight excluding hydrogens is 244 g/mol. The minimum atomic E-state index is 0.677. The summed E-state index contributed by atoms with van der Waals surface area (Å²) in [7, 11) is 2.06. The number of rotatable bonds is 5. The molecule has 1 aromatic heterocycles. The van der Waals surface area contributed by atoms with Gasteiger partial charge in [-0.1, -0.05) is 41.9 Å². The maximum atomic E-state index is 5.82. The lowest BCUT2D eigenvalue weighted by Crippen LogP contribution is -2.19. The Morgan fingerprint density at radius 2 is 1.89 bits per heavy atom. The molecule has 0 aliphatic carbocycles. The number of hydrogen-bond donors (Lipinski definition) is 0. The lowest BCUT2D eigenvalue weighted by molar-refractivity contribution is 0.777. The fourth-order valence-electron chi connectivity index (χ4n) is 1.87. The zero-order valence-corrected chi connectivity index (χ0v) is 11.3. The minimum Gasteiger partial charge on any atom is -0.360 e. The van der Waals surface area contributed by atoms with E-state index < -0.39 is 0 Å². The molecule has 1 heterocycles. The van der Waals surface area contributed by atoms with E-state index in [-0.39, 0.29) is 0 Å². The van der Waals surface area contributed by atoms with E-state index in [0.29, 0.717) is 5.02 Å². The first-order chi connectivity index (χ1) is 8.75. The summed E-state index contributed by atoms with van der Waals surface area (Å²) in [5.74, 6) is 0.965. The van der Waals surface area contributed by atoms with Crippen LogP contribution in [-0.2, 0) is 6.42 Å². The van der Waals surface area contributed by atoms with Crippen LogP contribution in [-0.4, -0.2) is 18.6 Å². The van der Waals surface area contributed by atoms with Gasteiger partial charge < -0.3 is 4.90 Å². The fraction of sp³-hybridized carbons (Fsp3) is 0.267. The highest BCUT2D eigenvalue weighted by molar-refractivity contribution is 6.30. The topological polar surface area (TPSA) is 16.1 Å². The molecule has 2 rings (SSSR count). The van der Waals surface area contributed by atoms with E-state index in [1.54, 1.807) is 6.20 Å². The molecular formula is C15H17ClN2. The Hall–Kier alpha value is -1.54. The molecule has 0 spiro atoms. The van der Waals surface area contributed by atoms with Gasteiger partial charge in [0.05, 0.1) is 5.02 Å². The largest absolute Gasteiger partial charge is 0.360 e. The Kier molecular flexibility index (Phi) is 4.59. The van der Waals surface area contributed by atoms with Crippen molar-refractivity contribution >= 4 is 17.4 Å². The Labute approximate surface area is 113 Å². The van der Waals surface area contributed by atoms with Crippen molar-refractivity contribution in [3.63, 3.8) is 0 Å². The lowest BCUT2D eigenvalue weighted by atomic mass is 10.1. The number of pyridine rings is 1. The zero-order chi connectivity index (χ0) is 12.8. The van der Waals surface area contributed by atoms with E-state index in [0.717, 1.165) is 25.2 Å². The van der Waals surface area contributed by atoms with Gasteiger partial charge in [-0.3, -0.25) is 0 Å². The summed E-state index contributed by atoms with van der Waals surface area (Å²) in [6, 6.07) is 14.4. The van der Waals surface area contributed by atoms with Crippen LogP contribution in [0.1, 0.15) is 12.0 Å². The summed E-state index contributed by atoms with van der Waals surface area (Å²) < 4.78 is 0. The van der Waals surface area contributed by atoms with E-state index in [9.17, 15) is 0 Å². The van der Waals surface area contributed by atoms with Gasteiger partial charge in [-0.2, -0.15) is 0 Å². The van der Waals surface area contributed by atoms with E-state index in [1.807, 2.05) is 18.2 Å². The quantitative estimate of drug-likeness (QED) is 0.813. The van der Waals surface area contributed by atoms with Gasteiger partial charge in [0.2, 0.25) is 0 Å². The number of benzene rings is 1. The molecule has 0 aliphatic rings. The number of halogens is 1. The van der Waals surface area contributed by atoms with Gasteiger partial charge in [0.15, 0.2) is 0 Å². The predicted octanol–water partition coefficient (Wildman–Crippen LogP) is 3.80. The van der Waals surface area contributed by atoms with Crippen LogP contribution in [0.5, 0.6) is 0 Å². The summed E-state index contributed by atoms with van der Waals surface area (Å²) in [5.41, 5.74) is 1.38. The van der Waals surface area contributed by atoms with Crippen molar-refractivity contribution in [1.29, 1.82) is 0 Å². The fourth-order valence-corrected chi connectivity index (χ4v) is 1.99. The standard InChI is InChI=1S/C15H17ClN2/c1-18(15-10-9-14(16)12-17-15)11-5-8-13-6-3-2-4-7-13/h2-4,6-7,9-10,12H,5,8,11H2,1H3. The smallest absolute Gasteiger partial charge is 0.128 e. The van der Waals surface area contributed by atoms with E-state index in [2.05, 4.69) is 41.2 Å². The summed E-state index contributed by atoms with van der Waals surface area (Å²) in [5, 5.41) is 0.677.